The second-order valence-corrected chi connectivity index (χ2v) is 11.9. The van der Waals surface area contributed by atoms with E-state index in [0.717, 1.165) is 11.1 Å². The van der Waals surface area contributed by atoms with Crippen molar-refractivity contribution in [3.63, 3.8) is 0 Å². The van der Waals surface area contributed by atoms with Gasteiger partial charge in [-0.25, -0.2) is 0 Å². The average Bonchev–Trinajstić information content (AvgIpc) is 2.86. The maximum atomic E-state index is 13.9. The van der Waals surface area contributed by atoms with E-state index >= 15 is 0 Å². The summed E-state index contributed by atoms with van der Waals surface area (Å²) >= 11 is 0. The van der Waals surface area contributed by atoms with Crippen molar-refractivity contribution in [2.75, 3.05) is 33.7 Å². The number of Topliss-reactive ketones (excluding diaryl/α,β-unsaturated/α-hetero) is 1. The number of halogens is 3. The lowest BCUT2D eigenvalue weighted by molar-refractivity contribution is -0.137. The van der Waals surface area contributed by atoms with Crippen LogP contribution in [0.3, 0.4) is 0 Å². The van der Waals surface area contributed by atoms with Crippen LogP contribution in [0.15, 0.2) is 40.9 Å². The zero-order chi connectivity index (χ0) is 30.0. The molecule has 4 aliphatic rings. The number of aliphatic hydroxyl groups excluding tert-OH is 2. The van der Waals surface area contributed by atoms with E-state index in [2.05, 4.69) is 0 Å². The van der Waals surface area contributed by atoms with E-state index in [0.29, 0.717) is 37.9 Å². The molecule has 0 aromatic heterocycles. The van der Waals surface area contributed by atoms with E-state index in [1.807, 2.05) is 6.08 Å². The molecular formula is C30H36F3N3O5. The van der Waals surface area contributed by atoms with Crippen molar-refractivity contribution in [3.05, 3.63) is 57.6 Å². The van der Waals surface area contributed by atoms with Gasteiger partial charge in [0.25, 0.3) is 0 Å². The molecule has 5 atom stereocenters. The number of ketones is 1. The van der Waals surface area contributed by atoms with Crippen LogP contribution in [0, 0.1) is 23.7 Å². The lowest BCUT2D eigenvalue weighted by Crippen LogP contribution is -2.52. The van der Waals surface area contributed by atoms with Gasteiger partial charge in [0.1, 0.15) is 17.3 Å². The number of nitrogens with two attached hydrogens (primary N) is 1. The van der Waals surface area contributed by atoms with Gasteiger partial charge >= 0.3 is 6.18 Å². The molecule has 1 heterocycles. The van der Waals surface area contributed by atoms with Crippen LogP contribution < -0.4 is 5.73 Å². The fourth-order valence-electron chi connectivity index (χ4n) is 7.58. The number of carbonyl (C=O) groups is 2. The zero-order valence-electron chi connectivity index (χ0n) is 23.3. The summed E-state index contributed by atoms with van der Waals surface area (Å²) < 4.78 is 38.1. The van der Waals surface area contributed by atoms with E-state index in [4.69, 9.17) is 5.73 Å². The van der Waals surface area contributed by atoms with Gasteiger partial charge in [-0.05, 0) is 68.0 Å². The lowest BCUT2D eigenvalue weighted by atomic mass is 9.58. The predicted molar refractivity (Wildman–Crippen MR) is 146 cm³/mol. The molecule has 5 N–H and O–H groups in total. The zero-order valence-corrected chi connectivity index (χ0v) is 23.3. The van der Waals surface area contributed by atoms with Gasteiger partial charge in [-0.2, -0.15) is 13.2 Å². The highest BCUT2D eigenvalue weighted by molar-refractivity contribution is 6.14. The molecule has 11 heteroatoms. The van der Waals surface area contributed by atoms with Crippen LogP contribution in [0.1, 0.15) is 47.7 Å². The molecular weight excluding hydrogens is 539 g/mol. The van der Waals surface area contributed by atoms with Crippen molar-refractivity contribution in [3.8, 4) is 5.75 Å². The summed E-state index contributed by atoms with van der Waals surface area (Å²) in [6, 6.07) is 2.60. The van der Waals surface area contributed by atoms with Gasteiger partial charge in [-0.1, -0.05) is 19.1 Å². The van der Waals surface area contributed by atoms with Crippen LogP contribution in [0.5, 0.6) is 5.75 Å². The molecule has 0 saturated heterocycles. The minimum Gasteiger partial charge on any atom is -0.512 e. The van der Waals surface area contributed by atoms with Crippen molar-refractivity contribution in [2.45, 2.75) is 44.8 Å². The third-order valence-corrected chi connectivity index (χ3v) is 9.36. The number of hydrogen-bond acceptors (Lipinski definition) is 7. The molecule has 1 aromatic rings. The molecule has 5 rings (SSSR count). The Hall–Kier alpha value is -3.31. The number of fused-ring (bicyclic) bond motifs is 3. The standard InChI is InChI=1S/C30H36F3N3O5/c1-14-21-19(25(35(2)3)28(40)22(14)29(34)41)13-16-12-18-17(4-5-20(37)24(18)27(39)23(16)26(21)38)15-6-9-36(10-7-15)11-8-30(31,32)33/h4-6,14,16,19,21,25,37-38,40H,7-13H2,1-3H3,(H2,34,41)/t14?,16?,19?,21?,25-/m0/s1. The summed E-state index contributed by atoms with van der Waals surface area (Å²) in [7, 11) is 3.54. The summed E-state index contributed by atoms with van der Waals surface area (Å²) in [5, 5.41) is 33.5. The van der Waals surface area contributed by atoms with Crippen molar-refractivity contribution < 1.29 is 38.1 Å². The SMILES string of the molecule is CC1C(C(N)=O)=C(O)[C@@H](N(C)C)C2CC3Cc4c(C5=CCN(CCC(F)(F)F)CC5)ccc(O)c4C(=O)C3=C(O)C12. The fourth-order valence-corrected chi connectivity index (χ4v) is 7.58. The van der Waals surface area contributed by atoms with E-state index in [9.17, 15) is 38.1 Å². The highest BCUT2D eigenvalue weighted by atomic mass is 19.4. The average molecular weight is 576 g/mol. The third-order valence-electron chi connectivity index (χ3n) is 9.36. The number of alkyl halides is 3. The van der Waals surface area contributed by atoms with Gasteiger partial charge in [0.2, 0.25) is 5.91 Å². The molecule has 4 unspecified atom stereocenters. The van der Waals surface area contributed by atoms with Crippen LogP contribution in [0.25, 0.3) is 5.57 Å². The van der Waals surface area contributed by atoms with E-state index in [-0.39, 0.29) is 52.4 Å². The molecule has 0 spiro atoms. The maximum absolute atomic E-state index is 13.9. The predicted octanol–water partition coefficient (Wildman–Crippen LogP) is 4.11. The summed E-state index contributed by atoms with van der Waals surface area (Å²) in [4.78, 5) is 29.8. The Morgan fingerprint density at radius 2 is 1.88 bits per heavy atom. The monoisotopic (exact) mass is 575 g/mol. The molecule has 0 bridgehead atoms. The van der Waals surface area contributed by atoms with Gasteiger partial charge in [-0.15, -0.1) is 0 Å². The number of aromatic hydroxyl groups is 1. The topological polar surface area (TPSA) is 127 Å². The molecule has 3 aliphatic carbocycles. The Morgan fingerprint density at radius 1 is 1.17 bits per heavy atom. The van der Waals surface area contributed by atoms with Gasteiger partial charge in [0.15, 0.2) is 5.78 Å². The maximum Gasteiger partial charge on any atom is 0.390 e. The van der Waals surface area contributed by atoms with E-state index < -0.39 is 42.2 Å². The highest BCUT2D eigenvalue weighted by Crippen LogP contribution is 2.53. The number of hydrogen-bond donors (Lipinski definition) is 4. The second kappa shape index (κ2) is 10.5. The summed E-state index contributed by atoms with van der Waals surface area (Å²) in [5.41, 5.74) is 8.35. The first-order valence-electron chi connectivity index (χ1n) is 13.9. The molecule has 0 radical (unpaired) electrons. The van der Waals surface area contributed by atoms with Gasteiger partial charge < -0.3 is 21.1 Å². The largest absolute Gasteiger partial charge is 0.512 e. The van der Waals surface area contributed by atoms with Crippen molar-refractivity contribution >= 4 is 17.3 Å². The first-order chi connectivity index (χ1) is 19.2. The first-order valence-corrected chi connectivity index (χ1v) is 13.9. The number of phenolic OH excluding ortho intramolecular Hbond substituents is 1. The Balaban J connectivity index is 1.52. The van der Waals surface area contributed by atoms with Crippen LogP contribution >= 0.6 is 0 Å². The smallest absolute Gasteiger partial charge is 0.390 e. The van der Waals surface area contributed by atoms with Crippen LogP contribution in [0.4, 0.5) is 13.2 Å². The molecule has 0 fully saturated rings. The Kier molecular flexibility index (Phi) is 7.48. The number of likely N-dealkylation sites (N-methyl/N-ethyl adjacent to an activating group) is 1. The number of amides is 1. The van der Waals surface area contributed by atoms with Gasteiger partial charge in [0, 0.05) is 37.0 Å². The number of carbonyl (C=O) groups excluding carboxylic acids is 2. The molecule has 1 aliphatic heterocycles. The number of aliphatic hydroxyl groups is 2. The minimum absolute atomic E-state index is 0.0397. The molecule has 1 aromatic carbocycles. The first kappa shape index (κ1) is 29.2. The molecule has 41 heavy (non-hydrogen) atoms. The number of primary amides is 1. The summed E-state index contributed by atoms with van der Waals surface area (Å²) in [6.07, 6.45) is -1.88. The summed E-state index contributed by atoms with van der Waals surface area (Å²) in [5.74, 6) is -3.62. The number of allylic oxidation sites excluding steroid dienone is 2. The second-order valence-electron chi connectivity index (χ2n) is 11.9. The fraction of sp³-hybridized carbons (Fsp3) is 0.533. The van der Waals surface area contributed by atoms with Gasteiger partial charge in [0.05, 0.1) is 23.6 Å². The number of phenols is 1. The van der Waals surface area contributed by atoms with Crippen LogP contribution in [0.2, 0.25) is 0 Å². The van der Waals surface area contributed by atoms with Crippen molar-refractivity contribution in [2.24, 2.45) is 29.4 Å². The number of benzene rings is 1. The molecule has 222 valence electrons. The van der Waals surface area contributed by atoms with E-state index in [1.165, 1.54) is 6.07 Å². The lowest BCUT2D eigenvalue weighted by Gasteiger charge is -2.49. The number of rotatable bonds is 5. The Bertz CT molecular complexity index is 1380. The van der Waals surface area contributed by atoms with Crippen LogP contribution in [-0.2, 0) is 11.2 Å². The van der Waals surface area contributed by atoms with Gasteiger partial charge in [-0.3, -0.25) is 19.4 Å². The van der Waals surface area contributed by atoms with Crippen molar-refractivity contribution in [1.29, 1.82) is 0 Å². The summed E-state index contributed by atoms with van der Waals surface area (Å²) in [6.45, 7) is 2.42. The number of nitrogens with zero attached hydrogens (tertiary/aromatic N) is 2. The van der Waals surface area contributed by atoms with E-state index in [1.54, 1.807) is 36.9 Å². The Labute approximate surface area is 236 Å². The highest BCUT2D eigenvalue weighted by Gasteiger charge is 2.53. The van der Waals surface area contributed by atoms with Crippen molar-refractivity contribution in [1.82, 2.24) is 9.80 Å². The minimum atomic E-state index is -4.22. The van der Waals surface area contributed by atoms with Crippen LogP contribution in [-0.4, -0.2) is 82.8 Å². The Morgan fingerprint density at radius 3 is 2.46 bits per heavy atom. The third kappa shape index (κ3) is 5.03. The quantitative estimate of drug-likeness (QED) is 0.416. The molecule has 0 saturated carbocycles. The molecule has 8 nitrogen and oxygen atoms in total. The molecule has 1 amide bonds. The normalized spacial score (nSPS) is 28.8.